The molecule has 0 aliphatic heterocycles. The van der Waals surface area contributed by atoms with Crippen LogP contribution >= 0.6 is 11.3 Å². The molecule has 0 bridgehead atoms. The average Bonchev–Trinajstić information content (AvgIpc) is 3.52. The van der Waals surface area contributed by atoms with Crippen molar-refractivity contribution < 1.29 is 32.2 Å². The van der Waals surface area contributed by atoms with E-state index in [2.05, 4.69) is 10.4 Å². The number of anilines is 1. The molecule has 1 amide bonds. The van der Waals surface area contributed by atoms with E-state index in [1.165, 1.54) is 19.4 Å². The van der Waals surface area contributed by atoms with Gasteiger partial charge in [-0.2, -0.15) is 18.3 Å². The number of halogens is 3. The number of aromatic nitrogens is 2. The van der Waals surface area contributed by atoms with Crippen molar-refractivity contribution in [2.45, 2.75) is 25.9 Å². The van der Waals surface area contributed by atoms with Gasteiger partial charge in [0.25, 0.3) is 5.91 Å². The second kappa shape index (κ2) is 10.9. The second-order valence-corrected chi connectivity index (χ2v) is 8.79. The third kappa shape index (κ3) is 5.67. The third-order valence-electron chi connectivity index (χ3n) is 5.38. The van der Waals surface area contributed by atoms with Crippen molar-refractivity contribution >= 4 is 28.9 Å². The van der Waals surface area contributed by atoms with Crippen LogP contribution in [0.4, 0.5) is 18.9 Å². The predicted octanol–water partition coefficient (Wildman–Crippen LogP) is 6.74. The van der Waals surface area contributed by atoms with Crippen molar-refractivity contribution in [1.29, 1.82) is 0 Å². The van der Waals surface area contributed by atoms with Gasteiger partial charge in [0.2, 0.25) is 0 Å². The summed E-state index contributed by atoms with van der Waals surface area (Å²) in [6.07, 6.45) is -2.04. The maximum atomic E-state index is 13.5. The number of hydrogen-bond acceptors (Lipinski definition) is 6. The third-order valence-corrected chi connectivity index (χ3v) is 6.25. The highest BCUT2D eigenvalue weighted by Crippen LogP contribution is 2.39. The van der Waals surface area contributed by atoms with Crippen LogP contribution in [0.5, 0.6) is 11.5 Å². The Hall–Kier alpha value is -4.12. The molecule has 4 aromatic rings. The van der Waals surface area contributed by atoms with Crippen LogP contribution < -0.4 is 10.1 Å². The van der Waals surface area contributed by atoms with E-state index in [4.69, 9.17) is 9.47 Å². The lowest BCUT2D eigenvalue weighted by atomic mass is 10.1. The van der Waals surface area contributed by atoms with Gasteiger partial charge in [-0.15, -0.1) is 11.3 Å². The number of benzene rings is 2. The van der Waals surface area contributed by atoms with Gasteiger partial charge >= 0.3 is 12.1 Å². The number of thiophene rings is 1. The minimum Gasteiger partial charge on any atom is -0.465 e. The van der Waals surface area contributed by atoms with Gasteiger partial charge < -0.3 is 14.8 Å². The normalized spacial score (nSPS) is 11.3. The van der Waals surface area contributed by atoms with E-state index < -0.39 is 23.6 Å². The molecule has 0 saturated carbocycles. The first-order valence-corrected chi connectivity index (χ1v) is 12.1. The molecule has 0 atom stereocenters. The Morgan fingerprint density at radius 3 is 2.51 bits per heavy atom. The van der Waals surface area contributed by atoms with Crippen molar-refractivity contribution in [1.82, 2.24) is 9.78 Å². The minimum atomic E-state index is -4.65. The maximum Gasteiger partial charge on any atom is 0.416 e. The van der Waals surface area contributed by atoms with E-state index in [-0.39, 0.29) is 27.6 Å². The summed E-state index contributed by atoms with van der Waals surface area (Å²) >= 11 is 1.06. The highest BCUT2D eigenvalue weighted by atomic mass is 32.1. The van der Waals surface area contributed by atoms with E-state index in [0.717, 1.165) is 35.2 Å². The topological polar surface area (TPSA) is 82.4 Å². The molecule has 0 radical (unpaired) electrons. The number of amides is 1. The smallest absolute Gasteiger partial charge is 0.416 e. The van der Waals surface area contributed by atoms with Crippen molar-refractivity contribution in [2.75, 3.05) is 12.4 Å². The first kappa shape index (κ1) is 26.0. The summed E-state index contributed by atoms with van der Waals surface area (Å²) in [5.74, 6) is -1.28. The number of carbonyl (C=O) groups excluding carboxylic acids is 2. The highest BCUT2D eigenvalue weighted by Gasteiger charge is 2.32. The Kier molecular flexibility index (Phi) is 7.63. The number of carbonyl (C=O) groups is 2. The zero-order chi connectivity index (χ0) is 26.6. The highest BCUT2D eigenvalue weighted by molar-refractivity contribution is 7.12. The molecule has 1 N–H and O–H groups in total. The maximum absolute atomic E-state index is 13.5. The molecule has 0 aliphatic carbocycles. The fraction of sp³-hybridized carbons (Fsp3) is 0.192. The van der Waals surface area contributed by atoms with Crippen LogP contribution in [-0.4, -0.2) is 28.8 Å². The molecule has 0 fully saturated rings. The van der Waals surface area contributed by atoms with Crippen molar-refractivity contribution in [3.8, 4) is 17.2 Å². The summed E-state index contributed by atoms with van der Waals surface area (Å²) < 4.78 is 52.6. The Bertz CT molecular complexity index is 1410. The van der Waals surface area contributed by atoms with Crippen LogP contribution in [0, 0.1) is 0 Å². The zero-order valence-electron chi connectivity index (χ0n) is 19.8. The molecule has 11 heteroatoms. The molecule has 2 heterocycles. The number of para-hydroxylation sites is 1. The fourth-order valence-corrected chi connectivity index (χ4v) is 4.39. The first-order valence-electron chi connectivity index (χ1n) is 11.2. The van der Waals surface area contributed by atoms with Gasteiger partial charge in [0, 0.05) is 0 Å². The summed E-state index contributed by atoms with van der Waals surface area (Å²) in [4.78, 5) is 25.5. The number of esters is 1. The zero-order valence-corrected chi connectivity index (χ0v) is 20.7. The van der Waals surface area contributed by atoms with Crippen molar-refractivity contribution in [3.05, 3.63) is 87.9 Å². The van der Waals surface area contributed by atoms with E-state index in [9.17, 15) is 22.8 Å². The molecule has 0 aliphatic rings. The lowest BCUT2D eigenvalue weighted by Crippen LogP contribution is -2.16. The Morgan fingerprint density at radius 1 is 1.08 bits per heavy atom. The van der Waals surface area contributed by atoms with Crippen LogP contribution in [0.1, 0.15) is 44.6 Å². The van der Waals surface area contributed by atoms with Gasteiger partial charge in [-0.1, -0.05) is 31.5 Å². The number of nitrogens with one attached hydrogen (secondary N) is 1. The molecule has 192 valence electrons. The number of nitrogens with zero attached hydrogens (tertiary/aromatic N) is 2. The molecule has 0 spiro atoms. The first-order chi connectivity index (χ1) is 17.7. The Balaban J connectivity index is 1.71. The second-order valence-electron chi connectivity index (χ2n) is 7.87. The van der Waals surface area contributed by atoms with E-state index in [1.807, 2.05) is 37.3 Å². The average molecular weight is 530 g/mol. The number of hydrogen-bond donors (Lipinski definition) is 1. The SMILES string of the molecule is CCCc1c(C(=O)Nc2cc(C(F)(F)F)ccc2Oc2ccsc2C(=O)OC)cnn1-c1ccccc1. The van der Waals surface area contributed by atoms with Gasteiger partial charge in [0.1, 0.15) is 0 Å². The monoisotopic (exact) mass is 529 g/mol. The Morgan fingerprint density at radius 2 is 1.84 bits per heavy atom. The molecular weight excluding hydrogens is 507 g/mol. The largest absolute Gasteiger partial charge is 0.465 e. The van der Waals surface area contributed by atoms with Gasteiger partial charge in [-0.25, -0.2) is 9.48 Å². The Labute approximate surface area is 214 Å². The standard InChI is InChI=1S/C26H22F3N3O4S/c1-3-7-20-18(15-30-32(20)17-8-5-4-6-9-17)24(33)31-19-14-16(26(27,28)29)10-11-21(19)36-22-12-13-37-23(22)25(34)35-2/h4-6,8-15H,3,7H2,1-2H3,(H,31,33). The van der Waals surface area contributed by atoms with Gasteiger partial charge in [0.05, 0.1) is 41.5 Å². The lowest BCUT2D eigenvalue weighted by Gasteiger charge is -2.15. The summed E-state index contributed by atoms with van der Waals surface area (Å²) in [6.45, 7) is 1.95. The molecular formula is C26H22F3N3O4S. The van der Waals surface area contributed by atoms with Gasteiger partial charge in [-0.3, -0.25) is 4.79 Å². The van der Waals surface area contributed by atoms with Crippen molar-refractivity contribution in [2.24, 2.45) is 0 Å². The summed E-state index contributed by atoms with van der Waals surface area (Å²) in [5.41, 5.74) is 0.409. The fourth-order valence-electron chi connectivity index (χ4n) is 3.65. The van der Waals surface area contributed by atoms with Gasteiger partial charge in [-0.05, 0) is 48.2 Å². The molecule has 0 unspecified atom stereocenters. The number of alkyl halides is 3. The van der Waals surface area contributed by atoms with Gasteiger partial charge in [0.15, 0.2) is 16.4 Å². The van der Waals surface area contributed by atoms with Crippen LogP contribution in [0.25, 0.3) is 5.69 Å². The van der Waals surface area contributed by atoms with Crippen LogP contribution in [-0.2, 0) is 17.3 Å². The summed E-state index contributed by atoms with van der Waals surface area (Å²) in [7, 11) is 1.21. The minimum absolute atomic E-state index is 0.0719. The van der Waals surface area contributed by atoms with E-state index >= 15 is 0 Å². The number of methoxy groups -OCH3 is 1. The number of ether oxygens (including phenoxy) is 2. The molecule has 0 saturated heterocycles. The number of rotatable bonds is 8. The molecule has 7 nitrogen and oxygen atoms in total. The molecule has 2 aromatic carbocycles. The van der Waals surface area contributed by atoms with Crippen LogP contribution in [0.3, 0.4) is 0 Å². The molecule has 37 heavy (non-hydrogen) atoms. The molecule has 2 aromatic heterocycles. The molecule has 4 rings (SSSR count). The van der Waals surface area contributed by atoms with E-state index in [0.29, 0.717) is 18.5 Å². The summed E-state index contributed by atoms with van der Waals surface area (Å²) in [5, 5.41) is 8.47. The summed E-state index contributed by atoms with van der Waals surface area (Å²) in [6, 6.07) is 13.4. The quantitative estimate of drug-likeness (QED) is 0.256. The predicted molar refractivity (Wildman–Crippen MR) is 133 cm³/mol. The van der Waals surface area contributed by atoms with Crippen LogP contribution in [0.15, 0.2) is 66.2 Å². The van der Waals surface area contributed by atoms with E-state index in [1.54, 1.807) is 10.1 Å². The lowest BCUT2D eigenvalue weighted by molar-refractivity contribution is -0.137. The van der Waals surface area contributed by atoms with Crippen LogP contribution in [0.2, 0.25) is 0 Å². The van der Waals surface area contributed by atoms with Crippen molar-refractivity contribution in [3.63, 3.8) is 0 Å².